The van der Waals surface area contributed by atoms with Crippen LogP contribution in [0, 0.1) is 0 Å². The summed E-state index contributed by atoms with van der Waals surface area (Å²) in [6.07, 6.45) is 4.93. The molecule has 84 valence electrons. The fourth-order valence-electron chi connectivity index (χ4n) is 1.86. The summed E-state index contributed by atoms with van der Waals surface area (Å²) in [5, 5.41) is 0.904. The molecule has 0 saturated heterocycles. The third-order valence-corrected chi connectivity index (χ3v) is 3.63. The maximum absolute atomic E-state index is 6.23. The highest BCUT2D eigenvalue weighted by Crippen LogP contribution is 2.32. The number of unbranched alkanes of at least 4 members (excludes halogenated alkanes) is 1. The molecule has 0 fully saturated rings. The Balaban J connectivity index is 2.85. The second-order valence-electron chi connectivity index (χ2n) is 3.91. The Morgan fingerprint density at radius 2 is 2.07 bits per heavy atom. The van der Waals surface area contributed by atoms with E-state index in [1.54, 1.807) is 0 Å². The van der Waals surface area contributed by atoms with E-state index in [0.29, 0.717) is 5.92 Å². The first-order chi connectivity index (χ1) is 7.19. The summed E-state index contributed by atoms with van der Waals surface area (Å²) in [5.74, 6) is 0.606. The Kier molecular flexibility index (Phi) is 5.70. The van der Waals surface area contributed by atoms with Gasteiger partial charge in [0.2, 0.25) is 0 Å². The molecule has 0 spiro atoms. The van der Waals surface area contributed by atoms with Gasteiger partial charge in [-0.2, -0.15) is 0 Å². The molecule has 0 N–H and O–H groups in total. The van der Waals surface area contributed by atoms with Crippen molar-refractivity contribution in [1.29, 1.82) is 0 Å². The fourth-order valence-corrected chi connectivity index (χ4v) is 2.51. The average molecular weight is 290 g/mol. The molecular weight excluding hydrogens is 271 g/mol. The molecule has 1 unspecified atom stereocenters. The molecule has 15 heavy (non-hydrogen) atoms. The van der Waals surface area contributed by atoms with Gasteiger partial charge in [0.1, 0.15) is 0 Å². The molecule has 0 aliphatic rings. The summed E-state index contributed by atoms with van der Waals surface area (Å²) in [7, 11) is 0. The standard InChI is InChI=1S/C13H18BrCl/c1-3-5-6-10(4-2)12-9-11(14)7-8-13(12)15/h7-10H,3-6H2,1-2H3. The maximum atomic E-state index is 6.23. The van der Waals surface area contributed by atoms with E-state index in [9.17, 15) is 0 Å². The van der Waals surface area contributed by atoms with E-state index in [4.69, 9.17) is 11.6 Å². The molecule has 0 nitrogen and oxygen atoms in total. The highest BCUT2D eigenvalue weighted by Gasteiger charge is 2.12. The quantitative estimate of drug-likeness (QED) is 0.644. The third-order valence-electron chi connectivity index (χ3n) is 2.80. The maximum Gasteiger partial charge on any atom is 0.0441 e. The van der Waals surface area contributed by atoms with Gasteiger partial charge in [-0.3, -0.25) is 0 Å². The van der Waals surface area contributed by atoms with E-state index in [1.165, 1.54) is 24.8 Å². The summed E-state index contributed by atoms with van der Waals surface area (Å²) < 4.78 is 1.12. The molecule has 0 saturated carbocycles. The largest absolute Gasteiger partial charge is 0.0840 e. The van der Waals surface area contributed by atoms with Crippen LogP contribution in [0.15, 0.2) is 22.7 Å². The number of hydrogen-bond acceptors (Lipinski definition) is 0. The molecule has 0 bridgehead atoms. The van der Waals surface area contributed by atoms with Crippen LogP contribution in [-0.4, -0.2) is 0 Å². The first-order valence-electron chi connectivity index (χ1n) is 5.64. The molecule has 1 rings (SSSR count). The zero-order valence-corrected chi connectivity index (χ0v) is 11.7. The van der Waals surface area contributed by atoms with Crippen LogP contribution in [0.4, 0.5) is 0 Å². The van der Waals surface area contributed by atoms with Gasteiger partial charge in [-0.05, 0) is 42.5 Å². The van der Waals surface area contributed by atoms with Crippen molar-refractivity contribution in [3.8, 4) is 0 Å². The van der Waals surface area contributed by atoms with E-state index in [-0.39, 0.29) is 0 Å². The first kappa shape index (κ1) is 13.1. The summed E-state index contributed by atoms with van der Waals surface area (Å²) in [4.78, 5) is 0. The van der Waals surface area contributed by atoms with Crippen LogP contribution in [-0.2, 0) is 0 Å². The number of benzene rings is 1. The van der Waals surface area contributed by atoms with Crippen LogP contribution in [0.5, 0.6) is 0 Å². The van der Waals surface area contributed by atoms with Crippen LogP contribution in [0.2, 0.25) is 5.02 Å². The van der Waals surface area contributed by atoms with Gasteiger partial charge in [0, 0.05) is 9.50 Å². The van der Waals surface area contributed by atoms with Crippen LogP contribution in [0.1, 0.15) is 51.0 Å². The van der Waals surface area contributed by atoms with Gasteiger partial charge in [0.25, 0.3) is 0 Å². The topological polar surface area (TPSA) is 0 Å². The van der Waals surface area contributed by atoms with Crippen molar-refractivity contribution in [1.82, 2.24) is 0 Å². The van der Waals surface area contributed by atoms with Crippen LogP contribution < -0.4 is 0 Å². The smallest absolute Gasteiger partial charge is 0.0441 e. The van der Waals surface area contributed by atoms with Gasteiger partial charge in [0.05, 0.1) is 0 Å². The fraction of sp³-hybridized carbons (Fsp3) is 0.538. The Labute approximate surface area is 106 Å². The molecule has 1 aromatic carbocycles. The predicted octanol–water partition coefficient (Wildman–Crippen LogP) is 5.79. The lowest BCUT2D eigenvalue weighted by atomic mass is 9.91. The Bertz CT molecular complexity index is 309. The van der Waals surface area contributed by atoms with Crippen molar-refractivity contribution in [3.05, 3.63) is 33.3 Å². The van der Waals surface area contributed by atoms with Crippen molar-refractivity contribution in [2.75, 3.05) is 0 Å². The highest BCUT2D eigenvalue weighted by atomic mass is 79.9. The molecule has 0 heterocycles. The SMILES string of the molecule is CCCCC(CC)c1cc(Br)ccc1Cl. The van der Waals surface area contributed by atoms with Crippen molar-refractivity contribution in [2.24, 2.45) is 0 Å². The first-order valence-corrected chi connectivity index (χ1v) is 6.81. The van der Waals surface area contributed by atoms with Gasteiger partial charge in [-0.15, -0.1) is 0 Å². The number of halogens is 2. The molecule has 0 aliphatic heterocycles. The number of hydrogen-bond donors (Lipinski definition) is 0. The van der Waals surface area contributed by atoms with Crippen LogP contribution >= 0.6 is 27.5 Å². The van der Waals surface area contributed by atoms with Gasteiger partial charge >= 0.3 is 0 Å². The summed E-state index contributed by atoms with van der Waals surface area (Å²) in [6, 6.07) is 6.14. The lowest BCUT2D eigenvalue weighted by Gasteiger charge is -2.16. The third kappa shape index (κ3) is 3.81. The Hall–Kier alpha value is -0.0100. The lowest BCUT2D eigenvalue weighted by molar-refractivity contribution is 0.569. The second kappa shape index (κ2) is 6.55. The van der Waals surface area contributed by atoms with E-state index in [2.05, 4.69) is 35.8 Å². The molecule has 0 amide bonds. The molecular formula is C13H18BrCl. The van der Waals surface area contributed by atoms with E-state index in [0.717, 1.165) is 15.9 Å². The van der Waals surface area contributed by atoms with Crippen molar-refractivity contribution in [2.45, 2.75) is 45.4 Å². The van der Waals surface area contributed by atoms with Crippen molar-refractivity contribution < 1.29 is 0 Å². The van der Waals surface area contributed by atoms with Crippen LogP contribution in [0.3, 0.4) is 0 Å². The zero-order chi connectivity index (χ0) is 11.3. The van der Waals surface area contributed by atoms with Gasteiger partial charge in [-0.25, -0.2) is 0 Å². The summed E-state index contributed by atoms with van der Waals surface area (Å²) >= 11 is 9.73. The Morgan fingerprint density at radius 3 is 2.67 bits per heavy atom. The monoisotopic (exact) mass is 288 g/mol. The van der Waals surface area contributed by atoms with Gasteiger partial charge in [0.15, 0.2) is 0 Å². The highest BCUT2D eigenvalue weighted by molar-refractivity contribution is 9.10. The minimum absolute atomic E-state index is 0.606. The van der Waals surface area contributed by atoms with Crippen molar-refractivity contribution >= 4 is 27.5 Å². The second-order valence-corrected chi connectivity index (χ2v) is 5.24. The lowest BCUT2D eigenvalue weighted by Crippen LogP contribution is -1.98. The van der Waals surface area contributed by atoms with E-state index in [1.807, 2.05) is 12.1 Å². The van der Waals surface area contributed by atoms with Crippen LogP contribution in [0.25, 0.3) is 0 Å². The summed E-state index contributed by atoms with van der Waals surface area (Å²) in [6.45, 7) is 4.47. The van der Waals surface area contributed by atoms with Gasteiger partial charge < -0.3 is 0 Å². The Morgan fingerprint density at radius 1 is 1.33 bits per heavy atom. The van der Waals surface area contributed by atoms with Gasteiger partial charge in [-0.1, -0.05) is 54.2 Å². The predicted molar refractivity (Wildman–Crippen MR) is 71.7 cm³/mol. The summed E-state index contributed by atoms with van der Waals surface area (Å²) in [5.41, 5.74) is 1.29. The van der Waals surface area contributed by atoms with Crippen molar-refractivity contribution in [3.63, 3.8) is 0 Å². The number of rotatable bonds is 5. The molecule has 1 aromatic rings. The van der Waals surface area contributed by atoms with E-state index < -0.39 is 0 Å². The molecule has 1 atom stereocenters. The average Bonchev–Trinajstić information content (AvgIpc) is 2.24. The minimum atomic E-state index is 0.606. The molecule has 0 aliphatic carbocycles. The molecule has 0 aromatic heterocycles. The zero-order valence-electron chi connectivity index (χ0n) is 9.39. The molecule has 0 radical (unpaired) electrons. The normalized spacial score (nSPS) is 12.8. The molecule has 2 heteroatoms. The van der Waals surface area contributed by atoms with E-state index >= 15 is 0 Å². The minimum Gasteiger partial charge on any atom is -0.0840 e.